The van der Waals surface area contributed by atoms with Crippen molar-refractivity contribution >= 4 is 10.0 Å². The van der Waals surface area contributed by atoms with E-state index in [0.29, 0.717) is 23.9 Å². The largest absolute Gasteiger partial charge is 0.276 e. The molecule has 25 heavy (non-hydrogen) atoms. The quantitative estimate of drug-likeness (QED) is 0.847. The Labute approximate surface area is 149 Å². The second-order valence-corrected chi connectivity index (χ2v) is 9.13. The molecule has 0 N–H and O–H groups in total. The van der Waals surface area contributed by atoms with Crippen molar-refractivity contribution < 1.29 is 8.42 Å². The first-order chi connectivity index (χ1) is 12.1. The average Bonchev–Trinajstić information content (AvgIpc) is 3.08. The van der Waals surface area contributed by atoms with Crippen molar-refractivity contribution in [3.63, 3.8) is 0 Å². The highest BCUT2D eigenvalue weighted by molar-refractivity contribution is 7.89. The van der Waals surface area contributed by atoms with E-state index in [4.69, 9.17) is 0 Å². The van der Waals surface area contributed by atoms with E-state index in [1.165, 1.54) is 11.1 Å². The van der Waals surface area contributed by atoms with Crippen LogP contribution in [0.3, 0.4) is 0 Å². The molecular weight excluding hydrogens is 334 g/mol. The van der Waals surface area contributed by atoms with E-state index in [-0.39, 0.29) is 0 Å². The Morgan fingerprint density at radius 2 is 1.88 bits per heavy atom. The third-order valence-corrected chi connectivity index (χ3v) is 7.60. The van der Waals surface area contributed by atoms with Crippen LogP contribution in [-0.2, 0) is 29.9 Å². The van der Waals surface area contributed by atoms with Crippen LogP contribution in [0, 0.1) is 0 Å². The molecule has 0 amide bonds. The van der Waals surface area contributed by atoms with Crippen LogP contribution in [0.1, 0.15) is 48.3 Å². The number of sulfonamides is 1. The molecular formula is C19H25N3O2S. The highest BCUT2D eigenvalue weighted by Gasteiger charge is 2.32. The summed E-state index contributed by atoms with van der Waals surface area (Å²) in [4.78, 5) is 0.546. The molecule has 1 aliphatic heterocycles. The molecule has 0 unspecified atom stereocenters. The fourth-order valence-electron chi connectivity index (χ4n) is 4.21. The lowest BCUT2D eigenvalue weighted by molar-refractivity contribution is 0.319. The summed E-state index contributed by atoms with van der Waals surface area (Å²) in [5.41, 5.74) is 3.50. The Bertz CT molecular complexity index is 865. The van der Waals surface area contributed by atoms with E-state index in [1.54, 1.807) is 10.4 Å². The van der Waals surface area contributed by atoms with Gasteiger partial charge in [-0.15, -0.1) is 0 Å². The zero-order valence-electron chi connectivity index (χ0n) is 14.7. The van der Waals surface area contributed by atoms with Gasteiger partial charge in [-0.2, -0.15) is 9.40 Å². The van der Waals surface area contributed by atoms with Gasteiger partial charge < -0.3 is 0 Å². The third kappa shape index (κ3) is 3.13. The number of aromatic nitrogens is 2. The maximum atomic E-state index is 13.2. The normalized spacial score (nSPS) is 19.7. The first-order valence-corrected chi connectivity index (χ1v) is 10.6. The SMILES string of the molecule is Cn1cc(C2CCN(S(=O)(=O)c3cccc4c3CCCC4)CC2)cn1. The number of hydrogen-bond acceptors (Lipinski definition) is 3. The van der Waals surface area contributed by atoms with Crippen LogP contribution in [0.2, 0.25) is 0 Å². The van der Waals surface area contributed by atoms with Crippen molar-refractivity contribution in [3.8, 4) is 0 Å². The molecule has 2 heterocycles. The monoisotopic (exact) mass is 359 g/mol. The maximum absolute atomic E-state index is 13.2. The first kappa shape index (κ1) is 16.8. The van der Waals surface area contributed by atoms with Crippen LogP contribution in [-0.4, -0.2) is 35.6 Å². The fourth-order valence-corrected chi connectivity index (χ4v) is 5.97. The molecule has 2 aliphatic rings. The summed E-state index contributed by atoms with van der Waals surface area (Å²) >= 11 is 0. The molecule has 1 saturated heterocycles. The number of fused-ring (bicyclic) bond motifs is 1. The Morgan fingerprint density at radius 1 is 1.12 bits per heavy atom. The minimum absolute atomic E-state index is 0.407. The topological polar surface area (TPSA) is 55.2 Å². The van der Waals surface area contributed by atoms with Gasteiger partial charge in [0.15, 0.2) is 0 Å². The van der Waals surface area contributed by atoms with Crippen molar-refractivity contribution in [1.82, 2.24) is 14.1 Å². The molecule has 1 aromatic heterocycles. The van der Waals surface area contributed by atoms with E-state index in [0.717, 1.165) is 44.1 Å². The minimum Gasteiger partial charge on any atom is -0.276 e. The van der Waals surface area contributed by atoms with Crippen molar-refractivity contribution in [2.24, 2.45) is 7.05 Å². The van der Waals surface area contributed by atoms with Gasteiger partial charge in [-0.1, -0.05) is 12.1 Å². The van der Waals surface area contributed by atoms with Crippen LogP contribution in [0.25, 0.3) is 0 Å². The molecule has 0 spiro atoms. The number of hydrogen-bond donors (Lipinski definition) is 0. The highest BCUT2D eigenvalue weighted by Crippen LogP contribution is 2.33. The molecule has 1 aromatic carbocycles. The van der Waals surface area contributed by atoms with Gasteiger partial charge >= 0.3 is 0 Å². The van der Waals surface area contributed by atoms with Crippen molar-refractivity contribution in [3.05, 3.63) is 47.3 Å². The highest BCUT2D eigenvalue weighted by atomic mass is 32.2. The lowest BCUT2D eigenvalue weighted by atomic mass is 9.92. The summed E-state index contributed by atoms with van der Waals surface area (Å²) in [7, 11) is -1.47. The molecule has 6 heteroatoms. The van der Waals surface area contributed by atoms with Crippen LogP contribution in [0.5, 0.6) is 0 Å². The van der Waals surface area contributed by atoms with Crippen LogP contribution >= 0.6 is 0 Å². The van der Waals surface area contributed by atoms with Crippen LogP contribution in [0.15, 0.2) is 35.5 Å². The summed E-state index contributed by atoms with van der Waals surface area (Å²) < 4.78 is 29.9. The Morgan fingerprint density at radius 3 is 2.60 bits per heavy atom. The van der Waals surface area contributed by atoms with Crippen molar-refractivity contribution in [2.45, 2.75) is 49.3 Å². The number of aryl methyl sites for hydroxylation is 2. The number of nitrogens with zero attached hydrogens (tertiary/aromatic N) is 3. The van der Waals surface area contributed by atoms with Gasteiger partial charge in [-0.05, 0) is 67.2 Å². The smallest absolute Gasteiger partial charge is 0.243 e. The number of piperidine rings is 1. The van der Waals surface area contributed by atoms with Gasteiger partial charge in [-0.25, -0.2) is 8.42 Å². The second kappa shape index (κ2) is 6.57. The maximum Gasteiger partial charge on any atom is 0.243 e. The van der Waals surface area contributed by atoms with E-state index >= 15 is 0 Å². The van der Waals surface area contributed by atoms with E-state index in [1.807, 2.05) is 30.2 Å². The first-order valence-electron chi connectivity index (χ1n) is 9.15. The second-order valence-electron chi connectivity index (χ2n) is 7.23. The van der Waals surface area contributed by atoms with E-state index < -0.39 is 10.0 Å². The molecule has 0 atom stereocenters. The molecule has 1 fully saturated rings. The van der Waals surface area contributed by atoms with Gasteiger partial charge in [0, 0.05) is 26.3 Å². The predicted molar refractivity (Wildman–Crippen MR) is 97.0 cm³/mol. The van der Waals surface area contributed by atoms with Gasteiger partial charge in [0.25, 0.3) is 0 Å². The minimum atomic E-state index is -3.39. The fraction of sp³-hybridized carbons (Fsp3) is 0.526. The van der Waals surface area contributed by atoms with E-state index in [2.05, 4.69) is 11.2 Å². The molecule has 1 aliphatic carbocycles. The summed E-state index contributed by atoms with van der Waals surface area (Å²) in [5, 5.41) is 4.24. The Balaban J connectivity index is 1.54. The lowest BCUT2D eigenvalue weighted by Gasteiger charge is -2.32. The molecule has 2 aromatic rings. The van der Waals surface area contributed by atoms with Gasteiger partial charge in [0.2, 0.25) is 10.0 Å². The molecule has 0 saturated carbocycles. The Kier molecular flexibility index (Phi) is 4.41. The average molecular weight is 359 g/mol. The molecule has 0 radical (unpaired) electrons. The van der Waals surface area contributed by atoms with E-state index in [9.17, 15) is 8.42 Å². The van der Waals surface area contributed by atoms with Gasteiger partial charge in [0.1, 0.15) is 0 Å². The van der Waals surface area contributed by atoms with Crippen LogP contribution < -0.4 is 0 Å². The van der Waals surface area contributed by atoms with Gasteiger partial charge in [-0.3, -0.25) is 4.68 Å². The summed E-state index contributed by atoms with van der Waals surface area (Å²) in [6, 6.07) is 5.79. The van der Waals surface area contributed by atoms with Crippen LogP contribution in [0.4, 0.5) is 0 Å². The summed E-state index contributed by atoms with van der Waals surface area (Å²) in [6.07, 6.45) is 9.80. The summed E-state index contributed by atoms with van der Waals surface area (Å²) in [6.45, 7) is 1.18. The third-order valence-electron chi connectivity index (χ3n) is 5.62. The molecule has 5 nitrogen and oxygen atoms in total. The molecule has 134 valence electrons. The predicted octanol–water partition coefficient (Wildman–Crippen LogP) is 2.87. The molecule has 0 bridgehead atoms. The van der Waals surface area contributed by atoms with Crippen molar-refractivity contribution in [2.75, 3.05) is 13.1 Å². The number of rotatable bonds is 3. The van der Waals surface area contributed by atoms with Gasteiger partial charge in [0.05, 0.1) is 11.1 Å². The Hall–Kier alpha value is -1.66. The zero-order chi connectivity index (χ0) is 17.4. The standard InChI is InChI=1S/C19H25N3O2S/c1-21-14-17(13-20-21)15-9-11-22(12-10-15)25(23,24)19-8-4-6-16-5-2-3-7-18(16)19/h4,6,8,13-15H,2-3,5,7,9-12H2,1H3. The zero-order valence-corrected chi connectivity index (χ0v) is 15.5. The van der Waals surface area contributed by atoms with Crippen molar-refractivity contribution in [1.29, 1.82) is 0 Å². The number of benzene rings is 1. The molecule has 4 rings (SSSR count). The lowest BCUT2D eigenvalue weighted by Crippen LogP contribution is -2.38. The summed E-state index contributed by atoms with van der Waals surface area (Å²) in [5.74, 6) is 0.407.